The predicted molar refractivity (Wildman–Crippen MR) is 72.7 cm³/mol. The summed E-state index contributed by atoms with van der Waals surface area (Å²) in [6.45, 7) is 5.84. The molecule has 1 rings (SSSR count). The Bertz CT molecular complexity index is 296. The Hall–Kier alpha value is -1.06. The second kappa shape index (κ2) is 8.09. The third-order valence-corrected chi connectivity index (χ3v) is 2.61. The van der Waals surface area contributed by atoms with Crippen LogP contribution in [0.25, 0.3) is 0 Å². The number of ether oxygens (including phenoxy) is 1. The van der Waals surface area contributed by atoms with Gasteiger partial charge in [-0.25, -0.2) is 0 Å². The Morgan fingerprint density at radius 2 is 1.82 bits per heavy atom. The van der Waals surface area contributed by atoms with Crippen LogP contribution in [0.15, 0.2) is 24.3 Å². The van der Waals surface area contributed by atoms with Gasteiger partial charge in [-0.2, -0.15) is 0 Å². The van der Waals surface area contributed by atoms with E-state index in [1.54, 1.807) is 0 Å². The molecule has 0 bridgehead atoms. The van der Waals surface area contributed by atoms with Gasteiger partial charge < -0.3 is 15.0 Å². The summed E-state index contributed by atoms with van der Waals surface area (Å²) in [6.07, 6.45) is 1.08. The van der Waals surface area contributed by atoms with Crippen LogP contribution < -0.4 is 10.1 Å². The molecule has 0 amide bonds. The highest BCUT2D eigenvalue weighted by atomic mass is 16.5. The zero-order chi connectivity index (χ0) is 12.5. The maximum atomic E-state index is 5.64. The van der Waals surface area contributed by atoms with Gasteiger partial charge in [0.1, 0.15) is 12.4 Å². The summed E-state index contributed by atoms with van der Waals surface area (Å²) in [5, 5.41) is 3.34. The Labute approximate surface area is 105 Å². The summed E-state index contributed by atoms with van der Waals surface area (Å²) in [4.78, 5) is 2.16. The Kier molecular flexibility index (Phi) is 6.67. The summed E-state index contributed by atoms with van der Waals surface area (Å²) in [6, 6.07) is 8.32. The number of benzene rings is 1. The van der Waals surface area contributed by atoms with E-state index in [0.29, 0.717) is 0 Å². The second-order valence-corrected chi connectivity index (χ2v) is 4.40. The van der Waals surface area contributed by atoms with Gasteiger partial charge in [0.05, 0.1) is 0 Å². The summed E-state index contributed by atoms with van der Waals surface area (Å²) >= 11 is 0. The molecule has 1 aromatic carbocycles. The van der Waals surface area contributed by atoms with Crippen molar-refractivity contribution in [1.82, 2.24) is 10.2 Å². The summed E-state index contributed by atoms with van der Waals surface area (Å²) in [7, 11) is 4.15. The lowest BCUT2D eigenvalue weighted by Gasteiger charge is -2.11. The van der Waals surface area contributed by atoms with Crippen molar-refractivity contribution in [3.8, 4) is 5.75 Å². The van der Waals surface area contributed by atoms with Gasteiger partial charge in [0.15, 0.2) is 0 Å². The minimum atomic E-state index is 0.721. The number of aryl methyl sites for hydroxylation is 1. The van der Waals surface area contributed by atoms with Crippen LogP contribution in [0.4, 0.5) is 0 Å². The van der Waals surface area contributed by atoms with Crippen LogP contribution in [0, 0.1) is 0 Å². The molecule has 17 heavy (non-hydrogen) atoms. The molecule has 0 heterocycles. The lowest BCUT2D eigenvalue weighted by molar-refractivity contribution is 0.308. The molecule has 0 aromatic heterocycles. The summed E-state index contributed by atoms with van der Waals surface area (Å²) in [5.41, 5.74) is 1.35. The highest BCUT2D eigenvalue weighted by Gasteiger charge is 1.94. The topological polar surface area (TPSA) is 24.5 Å². The number of nitrogens with one attached hydrogen (secondary N) is 1. The first kappa shape index (κ1) is 14.0. The molecule has 0 fully saturated rings. The molecule has 1 aromatic rings. The molecule has 0 atom stereocenters. The molecule has 1 N–H and O–H groups in total. The number of hydrogen-bond donors (Lipinski definition) is 1. The van der Waals surface area contributed by atoms with E-state index in [9.17, 15) is 0 Å². The van der Waals surface area contributed by atoms with Crippen molar-refractivity contribution in [3.63, 3.8) is 0 Å². The second-order valence-electron chi connectivity index (χ2n) is 4.40. The first-order chi connectivity index (χ1) is 8.22. The first-order valence-electron chi connectivity index (χ1n) is 6.29. The third kappa shape index (κ3) is 6.29. The van der Waals surface area contributed by atoms with Gasteiger partial charge in [0.25, 0.3) is 0 Å². The zero-order valence-electron chi connectivity index (χ0n) is 11.2. The minimum absolute atomic E-state index is 0.721. The Morgan fingerprint density at radius 1 is 1.12 bits per heavy atom. The number of hydrogen-bond acceptors (Lipinski definition) is 3. The quantitative estimate of drug-likeness (QED) is 0.696. The lowest BCUT2D eigenvalue weighted by atomic mass is 10.2. The molecular formula is C14H24N2O. The molecule has 0 saturated heterocycles. The standard InChI is InChI=1S/C14H24N2O/c1-4-13-5-7-14(8-6-13)17-12-10-15-9-11-16(2)3/h5-8,15H,4,9-12H2,1-3H3. The van der Waals surface area contributed by atoms with Crippen molar-refractivity contribution in [2.45, 2.75) is 13.3 Å². The molecule has 96 valence electrons. The van der Waals surface area contributed by atoms with E-state index in [1.807, 2.05) is 12.1 Å². The van der Waals surface area contributed by atoms with E-state index < -0.39 is 0 Å². The molecular weight excluding hydrogens is 212 g/mol. The van der Waals surface area contributed by atoms with Crippen molar-refractivity contribution in [2.75, 3.05) is 40.3 Å². The van der Waals surface area contributed by atoms with E-state index >= 15 is 0 Å². The SMILES string of the molecule is CCc1ccc(OCCNCCN(C)C)cc1. The van der Waals surface area contributed by atoms with E-state index in [4.69, 9.17) is 4.74 Å². The Morgan fingerprint density at radius 3 is 2.41 bits per heavy atom. The maximum absolute atomic E-state index is 5.64. The molecule has 0 aliphatic carbocycles. The number of rotatable bonds is 8. The monoisotopic (exact) mass is 236 g/mol. The summed E-state index contributed by atoms with van der Waals surface area (Å²) in [5.74, 6) is 0.955. The van der Waals surface area contributed by atoms with Crippen molar-refractivity contribution in [3.05, 3.63) is 29.8 Å². The van der Waals surface area contributed by atoms with Crippen molar-refractivity contribution < 1.29 is 4.74 Å². The van der Waals surface area contributed by atoms with Gasteiger partial charge in [-0.05, 0) is 38.2 Å². The zero-order valence-corrected chi connectivity index (χ0v) is 11.2. The molecule has 0 radical (unpaired) electrons. The van der Waals surface area contributed by atoms with Crippen LogP contribution in [0.1, 0.15) is 12.5 Å². The fourth-order valence-corrected chi connectivity index (χ4v) is 1.49. The predicted octanol–water partition coefficient (Wildman–Crippen LogP) is 1.78. The van der Waals surface area contributed by atoms with Gasteiger partial charge in [0.2, 0.25) is 0 Å². The molecule has 0 spiro atoms. The van der Waals surface area contributed by atoms with Gasteiger partial charge in [-0.15, -0.1) is 0 Å². The molecule has 0 saturated carbocycles. The van der Waals surface area contributed by atoms with Crippen molar-refractivity contribution >= 4 is 0 Å². The normalized spacial score (nSPS) is 10.8. The average molecular weight is 236 g/mol. The van der Waals surface area contributed by atoms with Crippen molar-refractivity contribution in [2.24, 2.45) is 0 Å². The fraction of sp³-hybridized carbons (Fsp3) is 0.571. The number of likely N-dealkylation sites (N-methyl/N-ethyl adjacent to an activating group) is 1. The van der Waals surface area contributed by atoms with Crippen LogP contribution in [0.2, 0.25) is 0 Å². The molecule has 0 aliphatic rings. The number of nitrogens with zero attached hydrogens (tertiary/aromatic N) is 1. The van der Waals surface area contributed by atoms with Crippen LogP contribution in [-0.2, 0) is 6.42 Å². The van der Waals surface area contributed by atoms with Crippen molar-refractivity contribution in [1.29, 1.82) is 0 Å². The van der Waals surface area contributed by atoms with Gasteiger partial charge >= 0.3 is 0 Å². The minimum Gasteiger partial charge on any atom is -0.492 e. The highest BCUT2D eigenvalue weighted by molar-refractivity contribution is 5.27. The molecule has 0 aliphatic heterocycles. The van der Waals surface area contributed by atoms with E-state index in [0.717, 1.165) is 38.4 Å². The molecule has 3 heteroatoms. The van der Waals surface area contributed by atoms with E-state index in [2.05, 4.69) is 43.4 Å². The fourth-order valence-electron chi connectivity index (χ4n) is 1.49. The molecule has 0 unspecified atom stereocenters. The van der Waals surface area contributed by atoms with Crippen LogP contribution in [-0.4, -0.2) is 45.2 Å². The van der Waals surface area contributed by atoms with Crippen LogP contribution >= 0.6 is 0 Å². The highest BCUT2D eigenvalue weighted by Crippen LogP contribution is 2.11. The Balaban J connectivity index is 2.09. The van der Waals surface area contributed by atoms with Gasteiger partial charge in [-0.1, -0.05) is 19.1 Å². The van der Waals surface area contributed by atoms with Gasteiger partial charge in [0, 0.05) is 19.6 Å². The van der Waals surface area contributed by atoms with Gasteiger partial charge in [-0.3, -0.25) is 0 Å². The average Bonchev–Trinajstić information content (AvgIpc) is 2.34. The lowest BCUT2D eigenvalue weighted by Crippen LogP contribution is -2.29. The maximum Gasteiger partial charge on any atom is 0.119 e. The first-order valence-corrected chi connectivity index (χ1v) is 6.29. The largest absolute Gasteiger partial charge is 0.492 e. The molecule has 3 nitrogen and oxygen atoms in total. The van der Waals surface area contributed by atoms with Crippen LogP contribution in [0.5, 0.6) is 5.75 Å². The third-order valence-electron chi connectivity index (χ3n) is 2.61. The summed E-state index contributed by atoms with van der Waals surface area (Å²) < 4.78 is 5.64. The van der Waals surface area contributed by atoms with E-state index in [1.165, 1.54) is 5.56 Å². The van der Waals surface area contributed by atoms with Crippen LogP contribution in [0.3, 0.4) is 0 Å². The smallest absolute Gasteiger partial charge is 0.119 e. The van der Waals surface area contributed by atoms with E-state index in [-0.39, 0.29) is 0 Å².